The molecule has 1 aromatic carbocycles. The van der Waals surface area contributed by atoms with Gasteiger partial charge < -0.3 is 5.21 Å². The normalized spacial score (nSPS) is 11.7. The van der Waals surface area contributed by atoms with E-state index in [1.165, 1.54) is 11.1 Å². The Labute approximate surface area is 78.9 Å². The summed E-state index contributed by atoms with van der Waals surface area (Å²) in [7, 11) is 0. The third-order valence-electron chi connectivity index (χ3n) is 2.07. The SMILES string of the molecule is C/C(CCc1ccc(C)cc1)=N\O. The zero-order valence-electron chi connectivity index (χ0n) is 8.12. The van der Waals surface area contributed by atoms with Crippen molar-refractivity contribution in [3.63, 3.8) is 0 Å². The Bertz CT molecular complexity index is 287. The number of aryl methyl sites for hydroxylation is 2. The zero-order chi connectivity index (χ0) is 9.68. The van der Waals surface area contributed by atoms with E-state index in [0.717, 1.165) is 18.6 Å². The van der Waals surface area contributed by atoms with Crippen LogP contribution in [0.4, 0.5) is 0 Å². The van der Waals surface area contributed by atoms with E-state index < -0.39 is 0 Å². The molecule has 0 amide bonds. The van der Waals surface area contributed by atoms with Crippen molar-refractivity contribution in [1.82, 2.24) is 0 Å². The molecule has 0 spiro atoms. The molecule has 0 radical (unpaired) electrons. The van der Waals surface area contributed by atoms with Gasteiger partial charge in [-0.2, -0.15) is 0 Å². The number of benzene rings is 1. The Hall–Kier alpha value is -1.31. The Morgan fingerprint density at radius 3 is 2.46 bits per heavy atom. The van der Waals surface area contributed by atoms with E-state index in [-0.39, 0.29) is 0 Å². The highest BCUT2D eigenvalue weighted by Gasteiger charge is 1.95. The average molecular weight is 177 g/mol. The van der Waals surface area contributed by atoms with Gasteiger partial charge in [0.2, 0.25) is 0 Å². The summed E-state index contributed by atoms with van der Waals surface area (Å²) in [5.41, 5.74) is 3.34. The maximum absolute atomic E-state index is 8.44. The van der Waals surface area contributed by atoms with E-state index in [0.29, 0.717) is 0 Å². The summed E-state index contributed by atoms with van der Waals surface area (Å²) in [4.78, 5) is 0. The first-order valence-electron chi connectivity index (χ1n) is 4.45. The van der Waals surface area contributed by atoms with Crippen LogP contribution >= 0.6 is 0 Å². The van der Waals surface area contributed by atoms with Crippen LogP contribution < -0.4 is 0 Å². The molecule has 0 aromatic heterocycles. The van der Waals surface area contributed by atoms with E-state index in [2.05, 4.69) is 36.3 Å². The minimum Gasteiger partial charge on any atom is -0.411 e. The summed E-state index contributed by atoms with van der Waals surface area (Å²) in [5, 5.41) is 11.6. The van der Waals surface area contributed by atoms with Crippen molar-refractivity contribution < 1.29 is 5.21 Å². The van der Waals surface area contributed by atoms with E-state index in [1.807, 2.05) is 6.92 Å². The van der Waals surface area contributed by atoms with Crippen LogP contribution in [-0.4, -0.2) is 10.9 Å². The molecule has 0 fully saturated rings. The fourth-order valence-electron chi connectivity index (χ4n) is 1.13. The lowest BCUT2D eigenvalue weighted by Crippen LogP contribution is -1.94. The van der Waals surface area contributed by atoms with Gasteiger partial charge in [-0.05, 0) is 32.3 Å². The molecule has 1 N–H and O–H groups in total. The van der Waals surface area contributed by atoms with Crippen molar-refractivity contribution in [2.75, 3.05) is 0 Å². The van der Waals surface area contributed by atoms with Gasteiger partial charge in [-0.15, -0.1) is 0 Å². The lowest BCUT2D eigenvalue weighted by atomic mass is 10.1. The lowest BCUT2D eigenvalue weighted by Gasteiger charge is -2.00. The van der Waals surface area contributed by atoms with Gasteiger partial charge in [-0.25, -0.2) is 0 Å². The summed E-state index contributed by atoms with van der Waals surface area (Å²) >= 11 is 0. The molecule has 0 bridgehead atoms. The molecular weight excluding hydrogens is 162 g/mol. The second kappa shape index (κ2) is 4.65. The average Bonchev–Trinajstić information content (AvgIpc) is 2.16. The Kier molecular flexibility index (Phi) is 3.50. The number of hydrogen-bond acceptors (Lipinski definition) is 2. The van der Waals surface area contributed by atoms with E-state index in [1.54, 1.807) is 0 Å². The first-order valence-corrected chi connectivity index (χ1v) is 4.45. The van der Waals surface area contributed by atoms with Crippen LogP contribution in [0, 0.1) is 6.92 Å². The third kappa shape index (κ3) is 3.28. The minimum atomic E-state index is 0.778. The molecule has 70 valence electrons. The van der Waals surface area contributed by atoms with Crippen LogP contribution in [-0.2, 0) is 6.42 Å². The van der Waals surface area contributed by atoms with E-state index in [9.17, 15) is 0 Å². The summed E-state index contributed by atoms with van der Waals surface area (Å²) in [6.07, 6.45) is 1.76. The summed E-state index contributed by atoms with van der Waals surface area (Å²) < 4.78 is 0. The number of rotatable bonds is 3. The van der Waals surface area contributed by atoms with Crippen LogP contribution in [0.5, 0.6) is 0 Å². The molecule has 0 aliphatic heterocycles. The molecule has 1 aromatic rings. The predicted molar refractivity (Wildman–Crippen MR) is 54.4 cm³/mol. The molecule has 0 atom stereocenters. The number of hydrogen-bond donors (Lipinski definition) is 1. The second-order valence-corrected chi connectivity index (χ2v) is 3.32. The smallest absolute Gasteiger partial charge is 0.0543 e. The summed E-state index contributed by atoms with van der Waals surface area (Å²) in [6.45, 7) is 3.90. The maximum atomic E-state index is 8.44. The highest BCUT2D eigenvalue weighted by molar-refractivity contribution is 5.81. The van der Waals surface area contributed by atoms with Crippen molar-refractivity contribution in [3.8, 4) is 0 Å². The van der Waals surface area contributed by atoms with Crippen molar-refractivity contribution in [2.45, 2.75) is 26.7 Å². The topological polar surface area (TPSA) is 32.6 Å². The molecule has 2 nitrogen and oxygen atoms in total. The molecule has 2 heteroatoms. The molecular formula is C11H15NO. The van der Waals surface area contributed by atoms with Crippen LogP contribution in [0.15, 0.2) is 29.4 Å². The standard InChI is InChI=1S/C11H15NO/c1-9-3-6-11(7-4-9)8-5-10(2)12-13/h3-4,6-7,13H,5,8H2,1-2H3/b12-10+. The van der Waals surface area contributed by atoms with Crippen LogP contribution in [0.3, 0.4) is 0 Å². The van der Waals surface area contributed by atoms with Gasteiger partial charge in [0.05, 0.1) is 5.71 Å². The first-order chi connectivity index (χ1) is 6.22. The molecule has 1 rings (SSSR count). The van der Waals surface area contributed by atoms with Gasteiger partial charge in [0.25, 0.3) is 0 Å². The molecule has 0 unspecified atom stereocenters. The van der Waals surface area contributed by atoms with Crippen molar-refractivity contribution in [3.05, 3.63) is 35.4 Å². The van der Waals surface area contributed by atoms with Crippen molar-refractivity contribution >= 4 is 5.71 Å². The minimum absolute atomic E-state index is 0.778. The van der Waals surface area contributed by atoms with Gasteiger partial charge in [-0.3, -0.25) is 0 Å². The monoisotopic (exact) mass is 177 g/mol. The molecule has 0 saturated heterocycles. The lowest BCUT2D eigenvalue weighted by molar-refractivity contribution is 0.317. The van der Waals surface area contributed by atoms with Gasteiger partial charge in [-0.1, -0.05) is 35.0 Å². The predicted octanol–water partition coefficient (Wildman–Crippen LogP) is 2.78. The largest absolute Gasteiger partial charge is 0.411 e. The molecule has 0 saturated carbocycles. The molecule has 13 heavy (non-hydrogen) atoms. The van der Waals surface area contributed by atoms with Crippen LogP contribution in [0.1, 0.15) is 24.5 Å². The Morgan fingerprint density at radius 2 is 1.92 bits per heavy atom. The quantitative estimate of drug-likeness (QED) is 0.430. The van der Waals surface area contributed by atoms with E-state index in [4.69, 9.17) is 5.21 Å². The first kappa shape index (κ1) is 9.78. The van der Waals surface area contributed by atoms with Gasteiger partial charge in [0.1, 0.15) is 0 Å². The van der Waals surface area contributed by atoms with Crippen molar-refractivity contribution in [1.29, 1.82) is 0 Å². The number of nitrogens with zero attached hydrogens (tertiary/aromatic N) is 1. The molecule has 0 aliphatic carbocycles. The zero-order valence-corrected chi connectivity index (χ0v) is 8.12. The van der Waals surface area contributed by atoms with Crippen LogP contribution in [0.25, 0.3) is 0 Å². The Morgan fingerprint density at radius 1 is 1.31 bits per heavy atom. The van der Waals surface area contributed by atoms with Gasteiger partial charge in [0, 0.05) is 0 Å². The van der Waals surface area contributed by atoms with Gasteiger partial charge >= 0.3 is 0 Å². The van der Waals surface area contributed by atoms with Crippen molar-refractivity contribution in [2.24, 2.45) is 5.16 Å². The summed E-state index contributed by atoms with van der Waals surface area (Å²) in [5.74, 6) is 0. The Balaban J connectivity index is 2.51. The van der Waals surface area contributed by atoms with E-state index >= 15 is 0 Å². The second-order valence-electron chi connectivity index (χ2n) is 3.32. The summed E-state index contributed by atoms with van der Waals surface area (Å²) in [6, 6.07) is 8.42. The van der Waals surface area contributed by atoms with Crippen LogP contribution in [0.2, 0.25) is 0 Å². The highest BCUT2D eigenvalue weighted by atomic mass is 16.4. The fourth-order valence-corrected chi connectivity index (χ4v) is 1.13. The maximum Gasteiger partial charge on any atom is 0.0543 e. The van der Waals surface area contributed by atoms with Gasteiger partial charge in [0.15, 0.2) is 0 Å². The molecule has 0 aliphatic rings. The number of oxime groups is 1. The third-order valence-corrected chi connectivity index (χ3v) is 2.07. The molecule has 0 heterocycles. The fraction of sp³-hybridized carbons (Fsp3) is 0.364. The highest BCUT2D eigenvalue weighted by Crippen LogP contribution is 2.06.